The van der Waals surface area contributed by atoms with E-state index in [9.17, 15) is 0 Å². The molecule has 0 spiro atoms. The van der Waals surface area contributed by atoms with Gasteiger partial charge in [0.1, 0.15) is 0 Å². The Morgan fingerprint density at radius 1 is 1.38 bits per heavy atom. The number of fused-ring (bicyclic) bond motifs is 1. The van der Waals surface area contributed by atoms with Gasteiger partial charge in [0.2, 0.25) is 0 Å². The molecule has 0 saturated carbocycles. The van der Waals surface area contributed by atoms with Crippen LogP contribution in [0.2, 0.25) is 0 Å². The molecule has 0 aliphatic carbocycles. The average Bonchev–Trinajstić information content (AvgIpc) is 2.84. The van der Waals surface area contributed by atoms with E-state index in [0.29, 0.717) is 6.04 Å². The highest BCUT2D eigenvalue weighted by atomic mass is 15.4. The Bertz CT molecular complexity index is 517. The number of hydrogen-bond donors (Lipinski definition) is 1. The summed E-state index contributed by atoms with van der Waals surface area (Å²) in [5.41, 5.74) is 7.12. The molecular weight excluding hydrogens is 200 g/mol. The van der Waals surface area contributed by atoms with Gasteiger partial charge >= 0.3 is 0 Å². The second-order valence-electron chi connectivity index (χ2n) is 4.46. The van der Waals surface area contributed by atoms with Crippen LogP contribution in [0.3, 0.4) is 0 Å². The van der Waals surface area contributed by atoms with Crippen molar-refractivity contribution in [2.45, 2.75) is 12.5 Å². The first-order valence-electron chi connectivity index (χ1n) is 5.68. The zero-order valence-corrected chi connectivity index (χ0v) is 9.43. The standard InChI is InChI=1S/C12H16N4/c1-15-11-5-3-2-4-10(11)12(14-15)16-7-6-9(13)8-16/h2-5,9H,6-8,13H2,1H3. The number of aryl methyl sites for hydroxylation is 1. The van der Waals surface area contributed by atoms with Crippen molar-refractivity contribution >= 4 is 16.7 Å². The quantitative estimate of drug-likeness (QED) is 0.776. The van der Waals surface area contributed by atoms with Crippen molar-refractivity contribution in [2.75, 3.05) is 18.0 Å². The Hall–Kier alpha value is -1.55. The lowest BCUT2D eigenvalue weighted by atomic mass is 10.2. The highest BCUT2D eigenvalue weighted by molar-refractivity contribution is 5.90. The van der Waals surface area contributed by atoms with E-state index in [1.807, 2.05) is 17.8 Å². The summed E-state index contributed by atoms with van der Waals surface area (Å²) in [6.45, 7) is 1.93. The van der Waals surface area contributed by atoms with Gasteiger partial charge in [0, 0.05) is 31.6 Å². The minimum Gasteiger partial charge on any atom is -0.353 e. The third-order valence-corrected chi connectivity index (χ3v) is 3.26. The fraction of sp³-hybridized carbons (Fsp3) is 0.417. The molecule has 1 aliphatic rings. The maximum atomic E-state index is 5.94. The molecule has 2 aromatic rings. The molecule has 1 atom stereocenters. The summed E-state index contributed by atoms with van der Waals surface area (Å²) in [6.07, 6.45) is 1.06. The second-order valence-corrected chi connectivity index (χ2v) is 4.46. The van der Waals surface area contributed by atoms with Gasteiger partial charge in [0.15, 0.2) is 5.82 Å². The molecule has 0 amide bonds. The number of aromatic nitrogens is 2. The smallest absolute Gasteiger partial charge is 0.158 e. The van der Waals surface area contributed by atoms with Crippen LogP contribution < -0.4 is 10.6 Å². The largest absolute Gasteiger partial charge is 0.353 e. The van der Waals surface area contributed by atoms with E-state index >= 15 is 0 Å². The van der Waals surface area contributed by atoms with Crippen molar-refractivity contribution in [1.29, 1.82) is 0 Å². The fourth-order valence-corrected chi connectivity index (χ4v) is 2.41. The van der Waals surface area contributed by atoms with Gasteiger partial charge in [-0.1, -0.05) is 12.1 Å². The van der Waals surface area contributed by atoms with Crippen LogP contribution in [0.15, 0.2) is 24.3 Å². The van der Waals surface area contributed by atoms with Gasteiger partial charge in [-0.2, -0.15) is 5.10 Å². The minimum atomic E-state index is 0.292. The van der Waals surface area contributed by atoms with E-state index in [2.05, 4.69) is 28.2 Å². The van der Waals surface area contributed by atoms with Gasteiger partial charge in [-0.05, 0) is 18.6 Å². The summed E-state index contributed by atoms with van der Waals surface area (Å²) in [6, 6.07) is 8.62. The monoisotopic (exact) mass is 216 g/mol. The highest BCUT2D eigenvalue weighted by Gasteiger charge is 2.23. The lowest BCUT2D eigenvalue weighted by molar-refractivity contribution is 0.747. The Balaban J connectivity index is 2.10. The first-order valence-corrected chi connectivity index (χ1v) is 5.68. The van der Waals surface area contributed by atoms with Crippen LogP contribution in [-0.4, -0.2) is 28.9 Å². The van der Waals surface area contributed by atoms with E-state index in [1.165, 1.54) is 10.9 Å². The summed E-state index contributed by atoms with van der Waals surface area (Å²) >= 11 is 0. The molecule has 0 bridgehead atoms. The SMILES string of the molecule is Cn1nc(N2CCC(N)C2)c2ccccc21. The first-order chi connectivity index (χ1) is 7.75. The number of para-hydroxylation sites is 1. The van der Waals surface area contributed by atoms with Crippen LogP contribution in [0.25, 0.3) is 10.9 Å². The van der Waals surface area contributed by atoms with Gasteiger partial charge in [0.25, 0.3) is 0 Å². The molecule has 16 heavy (non-hydrogen) atoms. The summed E-state index contributed by atoms with van der Waals surface area (Å²) in [4.78, 5) is 2.28. The summed E-state index contributed by atoms with van der Waals surface area (Å²) in [5.74, 6) is 1.08. The number of rotatable bonds is 1. The Morgan fingerprint density at radius 3 is 2.94 bits per heavy atom. The van der Waals surface area contributed by atoms with Crippen molar-refractivity contribution in [3.05, 3.63) is 24.3 Å². The van der Waals surface area contributed by atoms with Crippen LogP contribution in [0.4, 0.5) is 5.82 Å². The molecule has 4 heteroatoms. The average molecular weight is 216 g/mol. The Labute approximate surface area is 94.6 Å². The van der Waals surface area contributed by atoms with Crippen molar-refractivity contribution in [2.24, 2.45) is 12.8 Å². The number of nitrogens with zero attached hydrogens (tertiary/aromatic N) is 3. The van der Waals surface area contributed by atoms with Crippen LogP contribution in [0, 0.1) is 0 Å². The van der Waals surface area contributed by atoms with Crippen molar-refractivity contribution in [3.8, 4) is 0 Å². The van der Waals surface area contributed by atoms with Crippen molar-refractivity contribution < 1.29 is 0 Å². The predicted octanol–water partition coefficient (Wildman–Crippen LogP) is 1.11. The molecule has 4 nitrogen and oxygen atoms in total. The lowest BCUT2D eigenvalue weighted by Gasteiger charge is -2.14. The number of hydrogen-bond acceptors (Lipinski definition) is 3. The molecule has 1 saturated heterocycles. The number of benzene rings is 1. The zero-order valence-electron chi connectivity index (χ0n) is 9.43. The maximum absolute atomic E-state index is 5.94. The molecule has 1 aliphatic heterocycles. The number of anilines is 1. The fourth-order valence-electron chi connectivity index (χ4n) is 2.41. The minimum absolute atomic E-state index is 0.292. The summed E-state index contributed by atoms with van der Waals surface area (Å²) in [7, 11) is 1.99. The van der Waals surface area contributed by atoms with E-state index < -0.39 is 0 Å². The van der Waals surface area contributed by atoms with Gasteiger partial charge in [-0.25, -0.2) is 0 Å². The van der Waals surface area contributed by atoms with Crippen LogP contribution >= 0.6 is 0 Å². The molecule has 3 rings (SSSR count). The van der Waals surface area contributed by atoms with Crippen molar-refractivity contribution in [1.82, 2.24) is 9.78 Å². The molecule has 1 aromatic heterocycles. The van der Waals surface area contributed by atoms with Gasteiger partial charge in [-0.3, -0.25) is 4.68 Å². The molecule has 2 heterocycles. The van der Waals surface area contributed by atoms with E-state index in [1.54, 1.807) is 0 Å². The van der Waals surface area contributed by atoms with E-state index in [4.69, 9.17) is 5.73 Å². The third kappa shape index (κ3) is 1.38. The Kier molecular flexibility index (Phi) is 2.11. The lowest BCUT2D eigenvalue weighted by Crippen LogP contribution is -2.26. The molecule has 1 unspecified atom stereocenters. The topological polar surface area (TPSA) is 47.1 Å². The zero-order chi connectivity index (χ0) is 11.1. The van der Waals surface area contributed by atoms with E-state index in [-0.39, 0.29) is 0 Å². The molecule has 84 valence electrons. The normalized spacial score (nSPS) is 20.9. The maximum Gasteiger partial charge on any atom is 0.158 e. The van der Waals surface area contributed by atoms with E-state index in [0.717, 1.165) is 25.3 Å². The van der Waals surface area contributed by atoms with Gasteiger partial charge in [-0.15, -0.1) is 0 Å². The molecule has 1 aromatic carbocycles. The number of nitrogens with two attached hydrogens (primary N) is 1. The van der Waals surface area contributed by atoms with Crippen molar-refractivity contribution in [3.63, 3.8) is 0 Å². The van der Waals surface area contributed by atoms with Gasteiger partial charge < -0.3 is 10.6 Å². The molecule has 2 N–H and O–H groups in total. The van der Waals surface area contributed by atoms with Crippen LogP contribution in [0.5, 0.6) is 0 Å². The summed E-state index contributed by atoms with van der Waals surface area (Å²) in [5, 5.41) is 5.81. The molecular formula is C12H16N4. The molecule has 1 fully saturated rings. The Morgan fingerprint density at radius 2 is 2.19 bits per heavy atom. The summed E-state index contributed by atoms with van der Waals surface area (Å²) < 4.78 is 1.94. The first kappa shape index (κ1) is 9.66. The van der Waals surface area contributed by atoms with Crippen LogP contribution in [-0.2, 0) is 7.05 Å². The predicted molar refractivity (Wildman–Crippen MR) is 65.5 cm³/mol. The molecule has 0 radical (unpaired) electrons. The van der Waals surface area contributed by atoms with Gasteiger partial charge in [0.05, 0.1) is 5.52 Å². The second kappa shape index (κ2) is 3.49. The highest BCUT2D eigenvalue weighted by Crippen LogP contribution is 2.27. The van der Waals surface area contributed by atoms with Crippen LogP contribution in [0.1, 0.15) is 6.42 Å². The third-order valence-electron chi connectivity index (χ3n) is 3.26.